The van der Waals surface area contributed by atoms with Crippen LogP contribution in [0.5, 0.6) is 5.75 Å². The molecule has 3 aromatic carbocycles. The highest BCUT2D eigenvalue weighted by atomic mass is 16.5. The Morgan fingerprint density at radius 3 is 2.41 bits per heavy atom. The Morgan fingerprint density at radius 2 is 1.65 bits per heavy atom. The van der Waals surface area contributed by atoms with Crippen LogP contribution in [0, 0.1) is 0 Å². The van der Waals surface area contributed by atoms with Gasteiger partial charge in [-0.1, -0.05) is 48.5 Å². The Balaban J connectivity index is 1.67. The molecule has 2 amide bonds. The van der Waals surface area contributed by atoms with Gasteiger partial charge in [0.1, 0.15) is 11.4 Å². The van der Waals surface area contributed by atoms with Gasteiger partial charge in [-0.15, -0.1) is 0 Å². The van der Waals surface area contributed by atoms with Crippen molar-refractivity contribution in [3.63, 3.8) is 0 Å². The predicted molar refractivity (Wildman–Crippen MR) is 128 cm³/mol. The average Bonchev–Trinajstić information content (AvgIpc) is 2.88. The predicted octanol–water partition coefficient (Wildman–Crippen LogP) is 2.55. The zero-order valence-corrected chi connectivity index (χ0v) is 18.2. The van der Waals surface area contributed by atoms with Crippen molar-refractivity contribution in [3.8, 4) is 5.75 Å². The minimum atomic E-state index is -1.23. The van der Waals surface area contributed by atoms with Crippen LogP contribution in [0.15, 0.2) is 88.8 Å². The summed E-state index contributed by atoms with van der Waals surface area (Å²) in [5, 5.41) is 14.0. The summed E-state index contributed by atoms with van der Waals surface area (Å²) >= 11 is 0. The van der Waals surface area contributed by atoms with E-state index in [-0.39, 0.29) is 5.69 Å². The van der Waals surface area contributed by atoms with Gasteiger partial charge in [0.15, 0.2) is 6.04 Å². The van der Waals surface area contributed by atoms with Crippen LogP contribution < -0.4 is 21.0 Å². The summed E-state index contributed by atoms with van der Waals surface area (Å²) in [6.45, 7) is 0. The second-order valence-corrected chi connectivity index (χ2v) is 7.23. The third-order valence-electron chi connectivity index (χ3n) is 5.09. The lowest BCUT2D eigenvalue weighted by atomic mass is 10.0. The Hall–Kier alpha value is -4.79. The van der Waals surface area contributed by atoms with E-state index >= 15 is 0 Å². The van der Waals surface area contributed by atoms with Crippen molar-refractivity contribution >= 4 is 28.8 Å². The van der Waals surface area contributed by atoms with Crippen LogP contribution in [0.1, 0.15) is 27.7 Å². The third kappa shape index (κ3) is 4.83. The van der Waals surface area contributed by atoms with Crippen molar-refractivity contribution in [2.24, 2.45) is 5.10 Å². The van der Waals surface area contributed by atoms with Crippen LogP contribution in [-0.2, 0) is 4.79 Å². The first kappa shape index (κ1) is 22.4. The summed E-state index contributed by atoms with van der Waals surface area (Å²) < 4.78 is 5.28. The van der Waals surface area contributed by atoms with Gasteiger partial charge in [0, 0.05) is 16.5 Å². The molecular formula is C25H21N5O4. The van der Waals surface area contributed by atoms with Gasteiger partial charge >= 0.3 is 0 Å². The summed E-state index contributed by atoms with van der Waals surface area (Å²) in [7, 11) is 1.54. The first-order valence-electron chi connectivity index (χ1n) is 10.4. The van der Waals surface area contributed by atoms with Gasteiger partial charge in [0.25, 0.3) is 17.4 Å². The maximum atomic E-state index is 13.2. The molecule has 0 aliphatic heterocycles. The Bertz CT molecular complexity index is 1420. The normalized spacial score (nSPS) is 11.8. The standard InChI is InChI=1S/C25H21N5O4/c1-34-20-14-8-5-11-17(20)15-26-29-25(33)22(27-23(31)16-9-3-2-4-10-16)21-18-12-6-7-13-19(18)24(32)30-28-21/h2-15,22H,1H3,(H,27,31)(H,29,33)(H,30,32)/b26-15+. The van der Waals surface area contributed by atoms with Crippen LogP contribution >= 0.6 is 0 Å². The molecule has 4 rings (SSSR count). The molecule has 170 valence electrons. The molecule has 0 aliphatic rings. The number of ether oxygens (including phenoxy) is 1. The number of hydrogen-bond acceptors (Lipinski definition) is 6. The number of methoxy groups -OCH3 is 1. The number of benzene rings is 3. The molecule has 0 saturated heterocycles. The molecule has 1 heterocycles. The second-order valence-electron chi connectivity index (χ2n) is 7.23. The summed E-state index contributed by atoms with van der Waals surface area (Å²) in [5.74, 6) is -0.533. The highest BCUT2D eigenvalue weighted by molar-refractivity contribution is 5.99. The summed E-state index contributed by atoms with van der Waals surface area (Å²) in [4.78, 5) is 38.3. The number of carbonyl (C=O) groups is 2. The first-order valence-corrected chi connectivity index (χ1v) is 10.4. The van der Waals surface area contributed by atoms with Crippen molar-refractivity contribution in [1.82, 2.24) is 20.9 Å². The smallest absolute Gasteiger partial charge is 0.272 e. The first-order chi connectivity index (χ1) is 16.6. The fourth-order valence-corrected chi connectivity index (χ4v) is 3.42. The number of hydrogen-bond donors (Lipinski definition) is 3. The topological polar surface area (TPSA) is 126 Å². The highest BCUT2D eigenvalue weighted by Gasteiger charge is 2.27. The molecule has 4 aromatic rings. The Morgan fingerprint density at radius 1 is 0.971 bits per heavy atom. The Kier molecular flexibility index (Phi) is 6.73. The molecule has 0 fully saturated rings. The summed E-state index contributed by atoms with van der Waals surface area (Å²) in [6.07, 6.45) is 1.44. The van der Waals surface area contributed by atoms with Crippen molar-refractivity contribution in [2.45, 2.75) is 6.04 Å². The molecule has 1 unspecified atom stereocenters. The lowest BCUT2D eigenvalue weighted by Gasteiger charge is -2.18. The molecule has 34 heavy (non-hydrogen) atoms. The zero-order chi connectivity index (χ0) is 23.9. The molecule has 1 atom stereocenters. The summed E-state index contributed by atoms with van der Waals surface area (Å²) in [6, 6.07) is 21.1. The third-order valence-corrected chi connectivity index (χ3v) is 5.09. The molecule has 1 aromatic heterocycles. The van der Waals surface area contributed by atoms with Crippen molar-refractivity contribution < 1.29 is 14.3 Å². The van der Waals surface area contributed by atoms with Crippen LogP contribution in [0.25, 0.3) is 10.8 Å². The average molecular weight is 455 g/mol. The SMILES string of the molecule is COc1ccccc1/C=N/NC(=O)C(NC(=O)c1ccccc1)c1n[nH]c(=O)c2ccccc12. The quantitative estimate of drug-likeness (QED) is 0.292. The number of nitrogens with zero attached hydrogens (tertiary/aromatic N) is 2. The monoisotopic (exact) mass is 455 g/mol. The van der Waals surface area contributed by atoms with Gasteiger partial charge < -0.3 is 10.1 Å². The number of fused-ring (bicyclic) bond motifs is 1. The number of para-hydroxylation sites is 1. The number of aromatic amines is 1. The van der Waals surface area contributed by atoms with E-state index in [4.69, 9.17) is 4.74 Å². The maximum absolute atomic E-state index is 13.2. The Labute approximate surface area is 194 Å². The minimum absolute atomic E-state index is 0.185. The molecule has 9 nitrogen and oxygen atoms in total. The molecule has 3 N–H and O–H groups in total. The van der Waals surface area contributed by atoms with Gasteiger partial charge in [0.05, 0.1) is 18.7 Å². The van der Waals surface area contributed by atoms with E-state index in [0.29, 0.717) is 27.6 Å². The largest absolute Gasteiger partial charge is 0.496 e. The number of carbonyl (C=O) groups excluding carboxylic acids is 2. The van der Waals surface area contributed by atoms with Gasteiger partial charge in [-0.3, -0.25) is 14.4 Å². The van der Waals surface area contributed by atoms with Gasteiger partial charge in [-0.25, -0.2) is 10.5 Å². The van der Waals surface area contributed by atoms with E-state index in [2.05, 4.69) is 26.0 Å². The number of nitrogens with one attached hydrogen (secondary N) is 3. The number of rotatable bonds is 7. The van der Waals surface area contributed by atoms with Gasteiger partial charge in [0.2, 0.25) is 0 Å². The summed E-state index contributed by atoms with van der Waals surface area (Å²) in [5.41, 5.74) is 3.25. The minimum Gasteiger partial charge on any atom is -0.496 e. The number of aromatic nitrogens is 2. The lowest BCUT2D eigenvalue weighted by molar-refractivity contribution is -0.123. The second kappa shape index (κ2) is 10.2. The van der Waals surface area contributed by atoms with Gasteiger partial charge in [-0.05, 0) is 30.3 Å². The molecule has 0 spiro atoms. The van der Waals surface area contributed by atoms with Crippen LogP contribution in [0.2, 0.25) is 0 Å². The van der Waals surface area contributed by atoms with Crippen molar-refractivity contribution in [3.05, 3.63) is 106 Å². The molecule has 9 heteroatoms. The molecule has 0 saturated carbocycles. The molecule has 0 radical (unpaired) electrons. The van der Waals surface area contributed by atoms with E-state index in [1.807, 2.05) is 12.1 Å². The zero-order valence-electron chi connectivity index (χ0n) is 18.2. The van der Waals surface area contributed by atoms with Crippen LogP contribution in [0.3, 0.4) is 0 Å². The van der Waals surface area contributed by atoms with Crippen molar-refractivity contribution in [2.75, 3.05) is 7.11 Å². The van der Waals surface area contributed by atoms with E-state index < -0.39 is 23.4 Å². The lowest BCUT2D eigenvalue weighted by Crippen LogP contribution is -2.40. The van der Waals surface area contributed by atoms with E-state index in [1.54, 1.807) is 66.7 Å². The van der Waals surface area contributed by atoms with E-state index in [1.165, 1.54) is 13.3 Å². The van der Waals surface area contributed by atoms with E-state index in [0.717, 1.165) is 0 Å². The fraction of sp³-hybridized carbons (Fsp3) is 0.0800. The van der Waals surface area contributed by atoms with Crippen LogP contribution in [0.4, 0.5) is 0 Å². The van der Waals surface area contributed by atoms with Crippen molar-refractivity contribution in [1.29, 1.82) is 0 Å². The molecule has 0 aliphatic carbocycles. The number of H-pyrrole nitrogens is 1. The van der Waals surface area contributed by atoms with Crippen LogP contribution in [-0.4, -0.2) is 35.3 Å². The number of amides is 2. The fourth-order valence-electron chi connectivity index (χ4n) is 3.42. The molecule has 0 bridgehead atoms. The number of hydrazone groups is 1. The molecular weight excluding hydrogens is 434 g/mol. The maximum Gasteiger partial charge on any atom is 0.272 e. The van der Waals surface area contributed by atoms with E-state index in [9.17, 15) is 14.4 Å². The van der Waals surface area contributed by atoms with Gasteiger partial charge in [-0.2, -0.15) is 10.2 Å². The highest BCUT2D eigenvalue weighted by Crippen LogP contribution is 2.20.